The maximum Gasteiger partial charge on any atom is 0.171 e. The Labute approximate surface area is 122 Å². The second-order valence-corrected chi connectivity index (χ2v) is 4.62. The van der Waals surface area contributed by atoms with E-state index in [0.717, 1.165) is 5.69 Å². The van der Waals surface area contributed by atoms with Crippen LogP contribution in [0.5, 0.6) is 0 Å². The van der Waals surface area contributed by atoms with Crippen LogP contribution in [-0.4, -0.2) is 9.97 Å². The zero-order valence-electron chi connectivity index (χ0n) is 10.6. The number of aromatic nitrogens is 2. The lowest BCUT2D eigenvalue weighted by atomic mass is 10.1. The number of rotatable bonds is 3. The van der Waals surface area contributed by atoms with Crippen molar-refractivity contribution in [3.05, 3.63) is 72.1 Å². The summed E-state index contributed by atoms with van der Waals surface area (Å²) in [6.07, 6.45) is 3.17. The van der Waals surface area contributed by atoms with Crippen LogP contribution in [0.1, 0.15) is 0 Å². The molecule has 0 aliphatic heterocycles. The van der Waals surface area contributed by atoms with Crippen molar-refractivity contribution in [2.24, 2.45) is 0 Å². The molecular weight excluding hydrogens is 270 g/mol. The highest BCUT2D eigenvalue weighted by atomic mass is 35.5. The molecule has 20 heavy (non-hydrogen) atoms. The van der Waals surface area contributed by atoms with Crippen LogP contribution in [0, 0.1) is 0 Å². The van der Waals surface area contributed by atoms with Gasteiger partial charge in [-0.2, -0.15) is 0 Å². The molecule has 0 amide bonds. The highest BCUT2D eigenvalue weighted by molar-refractivity contribution is 6.31. The SMILES string of the molecule is Clc1nccnc1Nc1ccc(-c2ccccc2)cc1. The first-order chi connectivity index (χ1) is 9.83. The van der Waals surface area contributed by atoms with Crippen molar-refractivity contribution in [2.45, 2.75) is 0 Å². The van der Waals surface area contributed by atoms with Gasteiger partial charge in [-0.05, 0) is 23.3 Å². The number of nitrogens with zero attached hydrogens (tertiary/aromatic N) is 2. The molecule has 0 aliphatic carbocycles. The Kier molecular flexibility index (Phi) is 3.61. The maximum atomic E-state index is 5.97. The Morgan fingerprint density at radius 3 is 2.10 bits per heavy atom. The molecule has 98 valence electrons. The first-order valence-electron chi connectivity index (χ1n) is 6.22. The molecule has 0 aliphatic rings. The summed E-state index contributed by atoms with van der Waals surface area (Å²) in [6.45, 7) is 0. The van der Waals surface area contributed by atoms with E-state index < -0.39 is 0 Å². The van der Waals surface area contributed by atoms with Gasteiger partial charge in [0, 0.05) is 18.1 Å². The van der Waals surface area contributed by atoms with Crippen molar-refractivity contribution in [1.82, 2.24) is 9.97 Å². The molecule has 0 atom stereocenters. The van der Waals surface area contributed by atoms with Gasteiger partial charge in [0.05, 0.1) is 0 Å². The van der Waals surface area contributed by atoms with E-state index in [4.69, 9.17) is 11.6 Å². The van der Waals surface area contributed by atoms with E-state index in [9.17, 15) is 0 Å². The van der Waals surface area contributed by atoms with E-state index >= 15 is 0 Å². The minimum atomic E-state index is 0.361. The first kappa shape index (κ1) is 12.6. The van der Waals surface area contributed by atoms with Crippen LogP contribution >= 0.6 is 11.6 Å². The van der Waals surface area contributed by atoms with E-state index in [1.54, 1.807) is 12.4 Å². The van der Waals surface area contributed by atoms with Crippen LogP contribution in [0.4, 0.5) is 11.5 Å². The zero-order chi connectivity index (χ0) is 13.8. The van der Waals surface area contributed by atoms with E-state index in [-0.39, 0.29) is 0 Å². The number of hydrogen-bond donors (Lipinski definition) is 1. The van der Waals surface area contributed by atoms with E-state index in [2.05, 4.69) is 39.6 Å². The van der Waals surface area contributed by atoms with Gasteiger partial charge in [-0.25, -0.2) is 9.97 Å². The van der Waals surface area contributed by atoms with Gasteiger partial charge in [-0.15, -0.1) is 0 Å². The third-order valence-electron chi connectivity index (χ3n) is 2.91. The number of halogens is 1. The molecule has 0 spiro atoms. The average Bonchev–Trinajstić information content (AvgIpc) is 2.51. The summed E-state index contributed by atoms with van der Waals surface area (Å²) in [6, 6.07) is 18.3. The molecule has 3 rings (SSSR count). The van der Waals surface area contributed by atoms with Gasteiger partial charge in [0.15, 0.2) is 11.0 Å². The molecule has 3 aromatic rings. The Balaban J connectivity index is 1.82. The van der Waals surface area contributed by atoms with Crippen LogP contribution in [0.2, 0.25) is 5.15 Å². The van der Waals surface area contributed by atoms with Crippen molar-refractivity contribution >= 4 is 23.1 Å². The second kappa shape index (κ2) is 5.72. The third kappa shape index (κ3) is 2.78. The van der Waals surface area contributed by atoms with Crippen LogP contribution < -0.4 is 5.32 Å². The topological polar surface area (TPSA) is 37.8 Å². The monoisotopic (exact) mass is 281 g/mol. The van der Waals surface area contributed by atoms with E-state index in [1.165, 1.54) is 11.1 Å². The summed E-state index contributed by atoms with van der Waals surface area (Å²) in [5.74, 6) is 0.557. The quantitative estimate of drug-likeness (QED) is 0.766. The Morgan fingerprint density at radius 1 is 0.750 bits per heavy atom. The lowest BCUT2D eigenvalue weighted by molar-refractivity contribution is 1.20. The molecule has 0 saturated heterocycles. The van der Waals surface area contributed by atoms with Gasteiger partial charge in [0.2, 0.25) is 0 Å². The Morgan fingerprint density at radius 2 is 1.40 bits per heavy atom. The van der Waals surface area contributed by atoms with E-state index in [0.29, 0.717) is 11.0 Å². The fourth-order valence-corrected chi connectivity index (χ4v) is 2.07. The molecule has 2 aromatic carbocycles. The molecule has 0 fully saturated rings. The summed E-state index contributed by atoms with van der Waals surface area (Å²) in [5.41, 5.74) is 3.28. The van der Waals surface area contributed by atoms with Crippen molar-refractivity contribution in [2.75, 3.05) is 5.32 Å². The minimum absolute atomic E-state index is 0.361. The summed E-state index contributed by atoms with van der Waals surface area (Å²) in [4.78, 5) is 8.13. The third-order valence-corrected chi connectivity index (χ3v) is 3.18. The Bertz CT molecular complexity index is 696. The highest BCUT2D eigenvalue weighted by Gasteiger charge is 2.02. The van der Waals surface area contributed by atoms with Gasteiger partial charge in [0.1, 0.15) is 0 Å². The molecule has 1 N–H and O–H groups in total. The molecule has 1 aromatic heterocycles. The van der Waals surface area contributed by atoms with Crippen LogP contribution in [0.25, 0.3) is 11.1 Å². The minimum Gasteiger partial charge on any atom is -0.338 e. The van der Waals surface area contributed by atoms with E-state index in [1.807, 2.05) is 30.3 Å². The largest absolute Gasteiger partial charge is 0.338 e. The maximum absolute atomic E-state index is 5.97. The van der Waals surface area contributed by atoms with Gasteiger partial charge >= 0.3 is 0 Å². The fourth-order valence-electron chi connectivity index (χ4n) is 1.92. The molecule has 3 nitrogen and oxygen atoms in total. The molecule has 0 saturated carbocycles. The fraction of sp³-hybridized carbons (Fsp3) is 0. The van der Waals surface area contributed by atoms with Gasteiger partial charge in [-0.1, -0.05) is 54.1 Å². The van der Waals surface area contributed by atoms with Crippen LogP contribution in [0.15, 0.2) is 67.0 Å². The standard InChI is InChI=1S/C16H12ClN3/c17-15-16(19-11-10-18-15)20-14-8-6-13(7-9-14)12-4-2-1-3-5-12/h1-11H,(H,19,20). The lowest BCUT2D eigenvalue weighted by Gasteiger charge is -2.07. The van der Waals surface area contributed by atoms with Gasteiger partial charge in [-0.3, -0.25) is 0 Å². The highest BCUT2D eigenvalue weighted by Crippen LogP contribution is 2.24. The molecule has 4 heteroatoms. The molecule has 0 bridgehead atoms. The number of benzene rings is 2. The molecular formula is C16H12ClN3. The smallest absolute Gasteiger partial charge is 0.171 e. The Hall–Kier alpha value is -2.39. The molecule has 0 radical (unpaired) electrons. The first-order valence-corrected chi connectivity index (χ1v) is 6.60. The summed E-state index contributed by atoms with van der Waals surface area (Å²) < 4.78 is 0. The molecule has 0 unspecified atom stereocenters. The number of hydrogen-bond acceptors (Lipinski definition) is 3. The van der Waals surface area contributed by atoms with Crippen LogP contribution in [0.3, 0.4) is 0 Å². The predicted octanol–water partition coefficient (Wildman–Crippen LogP) is 4.54. The second-order valence-electron chi connectivity index (χ2n) is 4.26. The predicted molar refractivity (Wildman–Crippen MR) is 82.2 cm³/mol. The van der Waals surface area contributed by atoms with Crippen molar-refractivity contribution in [3.8, 4) is 11.1 Å². The normalized spacial score (nSPS) is 10.2. The zero-order valence-corrected chi connectivity index (χ0v) is 11.4. The van der Waals surface area contributed by atoms with Crippen molar-refractivity contribution in [3.63, 3.8) is 0 Å². The van der Waals surface area contributed by atoms with Crippen molar-refractivity contribution < 1.29 is 0 Å². The van der Waals surface area contributed by atoms with Crippen molar-refractivity contribution in [1.29, 1.82) is 0 Å². The number of nitrogens with one attached hydrogen (secondary N) is 1. The molecule has 1 heterocycles. The number of anilines is 2. The van der Waals surface area contributed by atoms with Gasteiger partial charge < -0.3 is 5.32 Å². The lowest BCUT2D eigenvalue weighted by Crippen LogP contribution is -1.95. The summed E-state index contributed by atoms with van der Waals surface area (Å²) in [5, 5.41) is 3.51. The average molecular weight is 282 g/mol. The van der Waals surface area contributed by atoms with Crippen LogP contribution in [-0.2, 0) is 0 Å². The summed E-state index contributed by atoms with van der Waals surface area (Å²) >= 11 is 5.97. The summed E-state index contributed by atoms with van der Waals surface area (Å²) in [7, 11) is 0. The van der Waals surface area contributed by atoms with Gasteiger partial charge in [0.25, 0.3) is 0 Å².